The van der Waals surface area contributed by atoms with Crippen molar-refractivity contribution < 1.29 is 18.7 Å². The van der Waals surface area contributed by atoms with Gasteiger partial charge in [-0.1, -0.05) is 48.6 Å². The fourth-order valence-corrected chi connectivity index (χ4v) is 2.58. The predicted molar refractivity (Wildman–Crippen MR) is 112 cm³/mol. The minimum Gasteiger partial charge on any atom is -0.487 e. The number of ether oxygens (including phenoxy) is 2. The van der Waals surface area contributed by atoms with Gasteiger partial charge in [0.25, 0.3) is 0 Å². The van der Waals surface area contributed by atoms with E-state index in [2.05, 4.69) is 4.98 Å². The van der Waals surface area contributed by atoms with E-state index in [1.807, 2.05) is 67.6 Å². The first-order valence-corrected chi connectivity index (χ1v) is 9.42. The fourth-order valence-electron chi connectivity index (χ4n) is 2.58. The maximum absolute atomic E-state index is 11.2. The third kappa shape index (κ3) is 5.94. The number of hydrogen-bond donors (Lipinski definition) is 0. The van der Waals surface area contributed by atoms with E-state index in [0.29, 0.717) is 19.1 Å². The summed E-state index contributed by atoms with van der Waals surface area (Å²) in [5.74, 6) is 1.74. The highest BCUT2D eigenvalue weighted by Crippen LogP contribution is 2.22. The Hall–Kier alpha value is -3.60. The minimum atomic E-state index is -0.348. The Bertz CT molecular complexity index is 985. The van der Waals surface area contributed by atoms with Crippen molar-refractivity contribution in [2.45, 2.75) is 20.5 Å². The predicted octanol–water partition coefficient (Wildman–Crippen LogP) is 5.36. The molecule has 5 nitrogen and oxygen atoms in total. The summed E-state index contributed by atoms with van der Waals surface area (Å²) in [7, 11) is 0. The number of carbonyl (C=O) groups is 1. The molecule has 0 aliphatic heterocycles. The van der Waals surface area contributed by atoms with Crippen molar-refractivity contribution in [3.63, 3.8) is 0 Å². The van der Waals surface area contributed by atoms with Crippen LogP contribution in [0.5, 0.6) is 5.75 Å². The Balaban J connectivity index is 1.55. The second-order valence-corrected chi connectivity index (χ2v) is 6.22. The summed E-state index contributed by atoms with van der Waals surface area (Å²) in [6.45, 7) is 4.36. The van der Waals surface area contributed by atoms with Crippen molar-refractivity contribution in [3.05, 3.63) is 89.8 Å². The molecule has 29 heavy (non-hydrogen) atoms. The smallest absolute Gasteiger partial charge is 0.330 e. The third-order valence-electron chi connectivity index (χ3n) is 4.09. The van der Waals surface area contributed by atoms with Crippen LogP contribution in [0.15, 0.2) is 77.2 Å². The number of carbonyl (C=O) groups excluding carboxylic acids is 1. The number of oxazole rings is 1. The lowest BCUT2D eigenvalue weighted by Crippen LogP contribution is -1.98. The molecular formula is C24H23NO4. The van der Waals surface area contributed by atoms with Crippen LogP contribution in [0.25, 0.3) is 17.5 Å². The Morgan fingerprint density at radius 3 is 2.55 bits per heavy atom. The summed E-state index contributed by atoms with van der Waals surface area (Å²) >= 11 is 0. The molecule has 0 unspecified atom stereocenters. The molecule has 0 atom stereocenters. The van der Waals surface area contributed by atoms with E-state index in [1.54, 1.807) is 19.1 Å². The van der Waals surface area contributed by atoms with Gasteiger partial charge in [-0.15, -0.1) is 0 Å². The standard InChI is InChI=1S/C24H23NO4/c1-3-27-23(26)12-8-7-9-19-13-15-21(16-14-19)28-17-22-18(2)29-24(25-22)20-10-5-4-6-11-20/h4-16H,3,17H2,1-2H3. The Kier molecular flexibility index (Phi) is 7.00. The minimum absolute atomic E-state index is 0.333. The van der Waals surface area contributed by atoms with Gasteiger partial charge in [-0.3, -0.25) is 0 Å². The van der Waals surface area contributed by atoms with Crippen molar-refractivity contribution in [2.24, 2.45) is 0 Å². The van der Waals surface area contributed by atoms with Crippen LogP contribution in [0.3, 0.4) is 0 Å². The topological polar surface area (TPSA) is 61.6 Å². The number of aromatic nitrogens is 1. The Morgan fingerprint density at radius 2 is 1.83 bits per heavy atom. The number of rotatable bonds is 8. The van der Waals surface area contributed by atoms with Crippen molar-refractivity contribution in [3.8, 4) is 17.2 Å². The maximum Gasteiger partial charge on any atom is 0.330 e. The van der Waals surface area contributed by atoms with E-state index in [0.717, 1.165) is 28.3 Å². The van der Waals surface area contributed by atoms with Gasteiger partial charge in [0.15, 0.2) is 0 Å². The molecule has 0 amide bonds. The number of allylic oxidation sites excluding steroid dienone is 2. The van der Waals surface area contributed by atoms with Gasteiger partial charge in [0, 0.05) is 11.6 Å². The van der Waals surface area contributed by atoms with Crippen molar-refractivity contribution in [1.29, 1.82) is 0 Å². The Morgan fingerprint density at radius 1 is 1.07 bits per heavy atom. The molecule has 5 heteroatoms. The number of nitrogens with zero attached hydrogens (tertiary/aromatic N) is 1. The molecule has 0 radical (unpaired) electrons. The highest BCUT2D eigenvalue weighted by Gasteiger charge is 2.11. The highest BCUT2D eigenvalue weighted by molar-refractivity contribution is 5.82. The van der Waals surface area contributed by atoms with Gasteiger partial charge in [0.1, 0.15) is 23.8 Å². The average Bonchev–Trinajstić information content (AvgIpc) is 3.12. The summed E-state index contributed by atoms with van der Waals surface area (Å²) in [5.41, 5.74) is 2.71. The first kappa shape index (κ1) is 20.1. The average molecular weight is 389 g/mol. The molecule has 0 aliphatic rings. The molecule has 0 saturated carbocycles. The summed E-state index contributed by atoms with van der Waals surface area (Å²) in [6, 6.07) is 17.4. The molecular weight excluding hydrogens is 366 g/mol. The first-order chi connectivity index (χ1) is 14.2. The fraction of sp³-hybridized carbons (Fsp3) is 0.167. The Labute approximate surface area is 170 Å². The summed E-state index contributed by atoms with van der Waals surface area (Å²) in [6.07, 6.45) is 6.73. The molecule has 1 heterocycles. The normalized spacial score (nSPS) is 11.2. The van der Waals surface area contributed by atoms with Crippen LogP contribution in [0.2, 0.25) is 0 Å². The van der Waals surface area contributed by atoms with E-state index in [1.165, 1.54) is 6.08 Å². The molecule has 2 aromatic carbocycles. The van der Waals surface area contributed by atoms with Gasteiger partial charge in [-0.2, -0.15) is 0 Å². The van der Waals surface area contributed by atoms with Gasteiger partial charge >= 0.3 is 5.97 Å². The molecule has 0 spiro atoms. The zero-order valence-corrected chi connectivity index (χ0v) is 16.5. The number of benzene rings is 2. The molecule has 0 N–H and O–H groups in total. The first-order valence-electron chi connectivity index (χ1n) is 9.42. The lowest BCUT2D eigenvalue weighted by Gasteiger charge is -2.04. The largest absolute Gasteiger partial charge is 0.487 e. The second kappa shape index (κ2) is 10.1. The SMILES string of the molecule is CCOC(=O)C=CC=Cc1ccc(OCc2nc(-c3ccccc3)oc2C)cc1. The van der Waals surface area contributed by atoms with Crippen LogP contribution in [0.4, 0.5) is 0 Å². The van der Waals surface area contributed by atoms with Gasteiger partial charge in [0.05, 0.1) is 6.61 Å². The zero-order valence-electron chi connectivity index (χ0n) is 16.5. The van der Waals surface area contributed by atoms with Gasteiger partial charge < -0.3 is 13.9 Å². The molecule has 1 aromatic heterocycles. The zero-order chi connectivity index (χ0) is 20.5. The van der Waals surface area contributed by atoms with Gasteiger partial charge in [-0.05, 0) is 43.7 Å². The molecule has 0 fully saturated rings. The van der Waals surface area contributed by atoms with E-state index < -0.39 is 0 Å². The number of hydrogen-bond acceptors (Lipinski definition) is 5. The molecule has 3 rings (SSSR count). The highest BCUT2D eigenvalue weighted by atomic mass is 16.5. The second-order valence-electron chi connectivity index (χ2n) is 6.22. The van der Waals surface area contributed by atoms with Crippen LogP contribution in [-0.2, 0) is 16.1 Å². The summed E-state index contributed by atoms with van der Waals surface area (Å²) in [5, 5.41) is 0. The van der Waals surface area contributed by atoms with E-state index in [-0.39, 0.29) is 5.97 Å². The van der Waals surface area contributed by atoms with E-state index in [9.17, 15) is 4.79 Å². The summed E-state index contributed by atoms with van der Waals surface area (Å²) in [4.78, 5) is 15.8. The van der Waals surface area contributed by atoms with Crippen LogP contribution < -0.4 is 4.74 Å². The lowest BCUT2D eigenvalue weighted by molar-refractivity contribution is -0.137. The van der Waals surface area contributed by atoms with E-state index >= 15 is 0 Å². The van der Waals surface area contributed by atoms with Crippen molar-refractivity contribution in [2.75, 3.05) is 6.61 Å². The number of aryl methyl sites for hydroxylation is 1. The van der Waals surface area contributed by atoms with Gasteiger partial charge in [0.2, 0.25) is 5.89 Å². The van der Waals surface area contributed by atoms with Crippen LogP contribution >= 0.6 is 0 Å². The molecule has 0 bridgehead atoms. The van der Waals surface area contributed by atoms with Crippen molar-refractivity contribution >= 4 is 12.0 Å². The quantitative estimate of drug-likeness (QED) is 0.295. The van der Waals surface area contributed by atoms with E-state index in [4.69, 9.17) is 13.9 Å². The van der Waals surface area contributed by atoms with Gasteiger partial charge in [-0.25, -0.2) is 9.78 Å². The van der Waals surface area contributed by atoms with Crippen LogP contribution in [-0.4, -0.2) is 17.6 Å². The molecule has 148 valence electrons. The van der Waals surface area contributed by atoms with Crippen LogP contribution in [0, 0.1) is 6.92 Å². The maximum atomic E-state index is 11.2. The summed E-state index contributed by atoms with van der Waals surface area (Å²) < 4.78 is 16.4. The molecule has 0 saturated heterocycles. The monoisotopic (exact) mass is 389 g/mol. The lowest BCUT2D eigenvalue weighted by atomic mass is 10.2. The van der Waals surface area contributed by atoms with Crippen LogP contribution in [0.1, 0.15) is 23.9 Å². The molecule has 3 aromatic rings. The third-order valence-corrected chi connectivity index (χ3v) is 4.09. The number of esters is 1. The van der Waals surface area contributed by atoms with Crippen molar-refractivity contribution in [1.82, 2.24) is 4.98 Å². The molecule has 0 aliphatic carbocycles.